The number of aromatic hydroxyl groups is 1. The Morgan fingerprint density at radius 2 is 2.18 bits per heavy atom. The summed E-state index contributed by atoms with van der Waals surface area (Å²) in [5.41, 5.74) is 3.86. The standard InChI is InChI=1S/C13H16N2OS/c1-9(11-5-3-4-6-12(11)16)14-7-13-10(2)15-8-17-13/h3-6,8-9,14,16H,7H2,1-2H3. The summed E-state index contributed by atoms with van der Waals surface area (Å²) in [6, 6.07) is 7.54. The molecule has 1 atom stereocenters. The van der Waals surface area contributed by atoms with Crippen LogP contribution in [-0.4, -0.2) is 10.1 Å². The maximum atomic E-state index is 9.74. The van der Waals surface area contributed by atoms with Crippen LogP contribution in [0.3, 0.4) is 0 Å². The third-order valence-electron chi connectivity index (χ3n) is 2.82. The van der Waals surface area contributed by atoms with Gasteiger partial charge in [-0.15, -0.1) is 11.3 Å². The molecular weight excluding hydrogens is 232 g/mol. The number of nitrogens with one attached hydrogen (secondary N) is 1. The molecule has 4 heteroatoms. The van der Waals surface area contributed by atoms with Gasteiger partial charge in [0.15, 0.2) is 0 Å². The molecule has 0 fully saturated rings. The summed E-state index contributed by atoms with van der Waals surface area (Å²) in [4.78, 5) is 5.46. The normalized spacial score (nSPS) is 12.6. The molecule has 1 unspecified atom stereocenters. The molecule has 0 aliphatic heterocycles. The lowest BCUT2D eigenvalue weighted by Crippen LogP contribution is -2.18. The van der Waals surface area contributed by atoms with Crippen molar-refractivity contribution in [2.24, 2.45) is 0 Å². The van der Waals surface area contributed by atoms with Gasteiger partial charge in [-0.1, -0.05) is 18.2 Å². The Morgan fingerprint density at radius 3 is 2.82 bits per heavy atom. The number of hydrogen-bond donors (Lipinski definition) is 2. The van der Waals surface area contributed by atoms with Crippen LogP contribution in [0.4, 0.5) is 0 Å². The Bertz CT molecular complexity index is 496. The predicted molar refractivity (Wildman–Crippen MR) is 70.2 cm³/mol. The minimum Gasteiger partial charge on any atom is -0.508 e. The van der Waals surface area contributed by atoms with Crippen molar-refractivity contribution >= 4 is 11.3 Å². The molecule has 17 heavy (non-hydrogen) atoms. The quantitative estimate of drug-likeness (QED) is 0.874. The highest BCUT2D eigenvalue weighted by Gasteiger charge is 2.10. The molecule has 2 rings (SSSR count). The number of benzene rings is 1. The van der Waals surface area contributed by atoms with E-state index in [0.29, 0.717) is 5.75 Å². The molecule has 1 aromatic heterocycles. The summed E-state index contributed by atoms with van der Waals surface area (Å²) in [5.74, 6) is 0.341. The molecule has 0 saturated heterocycles. The highest BCUT2D eigenvalue weighted by Crippen LogP contribution is 2.23. The van der Waals surface area contributed by atoms with Crippen molar-refractivity contribution in [3.63, 3.8) is 0 Å². The number of phenols is 1. The zero-order valence-electron chi connectivity index (χ0n) is 9.97. The van der Waals surface area contributed by atoms with Crippen LogP contribution >= 0.6 is 11.3 Å². The van der Waals surface area contributed by atoms with E-state index >= 15 is 0 Å². The van der Waals surface area contributed by atoms with Gasteiger partial charge in [0.25, 0.3) is 0 Å². The van der Waals surface area contributed by atoms with Crippen molar-refractivity contribution in [3.05, 3.63) is 45.9 Å². The van der Waals surface area contributed by atoms with E-state index in [2.05, 4.69) is 10.3 Å². The molecule has 1 aromatic carbocycles. The third-order valence-corrected chi connectivity index (χ3v) is 3.75. The summed E-state index contributed by atoms with van der Waals surface area (Å²) in [5, 5.41) is 13.1. The summed E-state index contributed by atoms with van der Waals surface area (Å²) in [6.07, 6.45) is 0. The first-order valence-corrected chi connectivity index (χ1v) is 6.46. The van der Waals surface area contributed by atoms with Gasteiger partial charge in [0.2, 0.25) is 0 Å². The van der Waals surface area contributed by atoms with Crippen LogP contribution in [0.15, 0.2) is 29.8 Å². The van der Waals surface area contributed by atoms with E-state index in [1.54, 1.807) is 17.4 Å². The number of aromatic nitrogens is 1. The second kappa shape index (κ2) is 5.29. The zero-order chi connectivity index (χ0) is 12.3. The Kier molecular flexibility index (Phi) is 3.76. The Morgan fingerprint density at radius 1 is 1.41 bits per heavy atom. The lowest BCUT2D eigenvalue weighted by atomic mass is 10.1. The predicted octanol–water partition coefficient (Wildman–Crippen LogP) is 3.01. The van der Waals surface area contributed by atoms with Crippen LogP contribution in [0, 0.1) is 6.92 Å². The SMILES string of the molecule is Cc1ncsc1CNC(C)c1ccccc1O. The molecule has 0 aliphatic rings. The fraction of sp³-hybridized carbons (Fsp3) is 0.308. The van der Waals surface area contributed by atoms with Gasteiger partial charge in [0.1, 0.15) is 5.75 Å². The molecule has 0 radical (unpaired) electrons. The smallest absolute Gasteiger partial charge is 0.120 e. The van der Waals surface area contributed by atoms with E-state index in [1.165, 1.54) is 4.88 Å². The highest BCUT2D eigenvalue weighted by molar-refractivity contribution is 7.09. The van der Waals surface area contributed by atoms with Crippen LogP contribution in [0.5, 0.6) is 5.75 Å². The molecule has 2 N–H and O–H groups in total. The van der Waals surface area contributed by atoms with Crippen LogP contribution in [0.1, 0.15) is 29.1 Å². The number of aryl methyl sites for hydroxylation is 1. The van der Waals surface area contributed by atoms with Gasteiger partial charge in [-0.25, -0.2) is 4.98 Å². The maximum Gasteiger partial charge on any atom is 0.120 e. The summed E-state index contributed by atoms with van der Waals surface area (Å²) >= 11 is 1.65. The Balaban J connectivity index is 2.01. The van der Waals surface area contributed by atoms with Crippen molar-refractivity contribution in [1.82, 2.24) is 10.3 Å². The van der Waals surface area contributed by atoms with E-state index < -0.39 is 0 Å². The molecule has 1 heterocycles. The number of phenolic OH excluding ortho intramolecular Hbond substituents is 1. The van der Waals surface area contributed by atoms with Crippen molar-refractivity contribution in [1.29, 1.82) is 0 Å². The highest BCUT2D eigenvalue weighted by atomic mass is 32.1. The number of thiazole rings is 1. The first-order valence-electron chi connectivity index (χ1n) is 5.58. The second-order valence-electron chi connectivity index (χ2n) is 4.02. The van der Waals surface area contributed by atoms with Crippen LogP contribution in [-0.2, 0) is 6.54 Å². The Hall–Kier alpha value is -1.39. The minimum atomic E-state index is 0.123. The summed E-state index contributed by atoms with van der Waals surface area (Å²) in [6.45, 7) is 4.84. The average molecular weight is 248 g/mol. The van der Waals surface area contributed by atoms with E-state index in [0.717, 1.165) is 17.8 Å². The zero-order valence-corrected chi connectivity index (χ0v) is 10.8. The molecule has 90 valence electrons. The number of para-hydroxylation sites is 1. The van der Waals surface area contributed by atoms with Gasteiger partial charge < -0.3 is 10.4 Å². The summed E-state index contributed by atoms with van der Waals surface area (Å²) < 4.78 is 0. The van der Waals surface area contributed by atoms with Crippen molar-refractivity contribution in [3.8, 4) is 5.75 Å². The average Bonchev–Trinajstić information content (AvgIpc) is 2.72. The van der Waals surface area contributed by atoms with Gasteiger partial charge in [-0.2, -0.15) is 0 Å². The third kappa shape index (κ3) is 2.84. The minimum absolute atomic E-state index is 0.123. The van der Waals surface area contributed by atoms with Crippen LogP contribution in [0.25, 0.3) is 0 Å². The van der Waals surface area contributed by atoms with Gasteiger partial charge in [0, 0.05) is 23.0 Å². The second-order valence-corrected chi connectivity index (χ2v) is 4.96. The van der Waals surface area contributed by atoms with Gasteiger partial charge in [-0.05, 0) is 19.9 Å². The van der Waals surface area contributed by atoms with Crippen LogP contribution < -0.4 is 5.32 Å². The fourth-order valence-corrected chi connectivity index (χ4v) is 2.43. The van der Waals surface area contributed by atoms with Crippen LogP contribution in [0.2, 0.25) is 0 Å². The molecule has 3 nitrogen and oxygen atoms in total. The van der Waals surface area contributed by atoms with Crippen molar-refractivity contribution in [2.45, 2.75) is 26.4 Å². The molecule has 0 bridgehead atoms. The topological polar surface area (TPSA) is 45.2 Å². The van der Waals surface area contributed by atoms with Gasteiger partial charge in [0.05, 0.1) is 11.2 Å². The van der Waals surface area contributed by atoms with Crippen molar-refractivity contribution < 1.29 is 5.11 Å². The first-order chi connectivity index (χ1) is 8.18. The van der Waals surface area contributed by atoms with Gasteiger partial charge in [-0.3, -0.25) is 0 Å². The van der Waals surface area contributed by atoms with E-state index in [4.69, 9.17) is 0 Å². The molecule has 2 aromatic rings. The number of rotatable bonds is 4. The first kappa shape index (κ1) is 12.1. The Labute approximate surface area is 105 Å². The molecule has 0 aliphatic carbocycles. The number of nitrogens with zero attached hydrogens (tertiary/aromatic N) is 1. The van der Waals surface area contributed by atoms with E-state index in [1.807, 2.05) is 37.6 Å². The molecular formula is C13H16N2OS. The maximum absolute atomic E-state index is 9.74. The molecule has 0 spiro atoms. The summed E-state index contributed by atoms with van der Waals surface area (Å²) in [7, 11) is 0. The van der Waals surface area contributed by atoms with E-state index in [9.17, 15) is 5.11 Å². The largest absolute Gasteiger partial charge is 0.508 e. The molecule has 0 saturated carbocycles. The fourth-order valence-electron chi connectivity index (χ4n) is 1.71. The molecule has 0 amide bonds. The van der Waals surface area contributed by atoms with E-state index in [-0.39, 0.29) is 6.04 Å². The van der Waals surface area contributed by atoms with Crippen molar-refractivity contribution in [2.75, 3.05) is 0 Å². The number of hydrogen-bond acceptors (Lipinski definition) is 4. The lowest BCUT2D eigenvalue weighted by Gasteiger charge is -2.15. The lowest BCUT2D eigenvalue weighted by molar-refractivity contribution is 0.452. The monoisotopic (exact) mass is 248 g/mol. The van der Waals surface area contributed by atoms with Gasteiger partial charge >= 0.3 is 0 Å².